The fourth-order valence-corrected chi connectivity index (χ4v) is 3.33. The molecular formula is C14H22O. The van der Waals surface area contributed by atoms with Gasteiger partial charge in [-0.05, 0) is 30.1 Å². The number of ketones is 1. The van der Waals surface area contributed by atoms with Crippen LogP contribution in [0.3, 0.4) is 0 Å². The van der Waals surface area contributed by atoms with Crippen LogP contribution in [0.25, 0.3) is 0 Å². The van der Waals surface area contributed by atoms with Gasteiger partial charge in [-0.25, -0.2) is 0 Å². The number of carbonyl (C=O) groups excluding carboxylic acids is 1. The third-order valence-electron chi connectivity index (χ3n) is 4.17. The van der Waals surface area contributed by atoms with E-state index in [1.165, 1.54) is 12.8 Å². The van der Waals surface area contributed by atoms with Crippen LogP contribution in [0.15, 0.2) is 11.1 Å². The second-order valence-corrected chi connectivity index (χ2v) is 6.48. The van der Waals surface area contributed by atoms with Crippen LogP contribution in [0.5, 0.6) is 0 Å². The molecule has 2 aliphatic carbocycles. The molecule has 0 spiro atoms. The minimum atomic E-state index is 0.220. The Morgan fingerprint density at radius 3 is 2.40 bits per heavy atom. The van der Waals surface area contributed by atoms with E-state index in [0.29, 0.717) is 11.2 Å². The van der Waals surface area contributed by atoms with Gasteiger partial charge in [0.15, 0.2) is 0 Å². The fraction of sp³-hybridized carbons (Fsp3) is 0.786. The molecule has 1 nitrogen and oxygen atoms in total. The van der Waals surface area contributed by atoms with Crippen LogP contribution in [-0.4, -0.2) is 5.78 Å². The summed E-state index contributed by atoms with van der Waals surface area (Å²) in [6.45, 7) is 9.20. The molecule has 0 aromatic rings. The van der Waals surface area contributed by atoms with Crippen molar-refractivity contribution in [2.24, 2.45) is 10.8 Å². The van der Waals surface area contributed by atoms with E-state index in [1.807, 2.05) is 0 Å². The van der Waals surface area contributed by atoms with Gasteiger partial charge in [-0.1, -0.05) is 38.8 Å². The molecule has 2 rings (SSSR count). The summed E-state index contributed by atoms with van der Waals surface area (Å²) in [5.41, 5.74) is 3.78. The van der Waals surface area contributed by atoms with E-state index in [0.717, 1.165) is 19.3 Å². The lowest BCUT2D eigenvalue weighted by Crippen LogP contribution is -2.26. The predicted octanol–water partition coefficient (Wildman–Crippen LogP) is 3.88. The van der Waals surface area contributed by atoms with Crippen molar-refractivity contribution in [1.82, 2.24) is 0 Å². The number of Topliss-reactive ketones (excluding diaryl/α,β-unsaturated/α-hetero) is 1. The SMILES string of the molecule is CC(C)(C)C1=C2CCC(=O)C[C@@]2(C)CC1. The summed E-state index contributed by atoms with van der Waals surface area (Å²) in [5, 5.41) is 0. The molecule has 1 heteroatoms. The van der Waals surface area contributed by atoms with Gasteiger partial charge in [0.25, 0.3) is 0 Å². The molecule has 0 heterocycles. The Morgan fingerprint density at radius 2 is 1.80 bits per heavy atom. The smallest absolute Gasteiger partial charge is 0.134 e. The van der Waals surface area contributed by atoms with Gasteiger partial charge in [-0.2, -0.15) is 0 Å². The Labute approximate surface area is 92.9 Å². The summed E-state index contributed by atoms with van der Waals surface area (Å²) in [6, 6.07) is 0. The topological polar surface area (TPSA) is 17.1 Å². The zero-order chi connectivity index (χ0) is 11.3. The number of hydrogen-bond donors (Lipinski definition) is 0. The van der Waals surface area contributed by atoms with Crippen LogP contribution in [-0.2, 0) is 4.79 Å². The maximum absolute atomic E-state index is 11.5. The maximum Gasteiger partial charge on any atom is 0.134 e. The molecule has 1 saturated carbocycles. The second-order valence-electron chi connectivity index (χ2n) is 6.48. The van der Waals surface area contributed by atoms with Crippen molar-refractivity contribution in [3.8, 4) is 0 Å². The summed E-state index contributed by atoms with van der Waals surface area (Å²) in [6.07, 6.45) is 5.01. The molecule has 0 bridgehead atoms. The van der Waals surface area contributed by atoms with Crippen LogP contribution < -0.4 is 0 Å². The number of allylic oxidation sites excluding steroid dienone is 2. The van der Waals surface area contributed by atoms with Crippen LogP contribution >= 0.6 is 0 Å². The van der Waals surface area contributed by atoms with Crippen LogP contribution in [0.4, 0.5) is 0 Å². The summed E-state index contributed by atoms with van der Waals surface area (Å²) < 4.78 is 0. The van der Waals surface area contributed by atoms with Crippen LogP contribution in [0.1, 0.15) is 59.8 Å². The standard InChI is InChI=1S/C14H22O/c1-13(2,3)11-7-8-14(4)9-10(15)5-6-12(11)14/h5-9H2,1-4H3/t14-/m1/s1. The van der Waals surface area contributed by atoms with Crippen LogP contribution in [0, 0.1) is 10.8 Å². The van der Waals surface area contributed by atoms with E-state index in [2.05, 4.69) is 27.7 Å². The molecule has 2 aliphatic rings. The highest BCUT2D eigenvalue weighted by atomic mass is 16.1. The minimum Gasteiger partial charge on any atom is -0.300 e. The van der Waals surface area contributed by atoms with E-state index in [4.69, 9.17) is 0 Å². The molecule has 15 heavy (non-hydrogen) atoms. The average molecular weight is 206 g/mol. The molecule has 0 amide bonds. The molecule has 0 saturated heterocycles. The quantitative estimate of drug-likeness (QED) is 0.550. The molecule has 0 aromatic carbocycles. The number of hydrogen-bond acceptors (Lipinski definition) is 1. The van der Waals surface area contributed by atoms with E-state index >= 15 is 0 Å². The first-order valence-electron chi connectivity index (χ1n) is 6.08. The first kappa shape index (κ1) is 10.9. The minimum absolute atomic E-state index is 0.220. The summed E-state index contributed by atoms with van der Waals surface area (Å²) in [4.78, 5) is 11.5. The van der Waals surface area contributed by atoms with Gasteiger partial charge >= 0.3 is 0 Å². The molecule has 0 radical (unpaired) electrons. The van der Waals surface area contributed by atoms with E-state index in [-0.39, 0.29) is 5.41 Å². The third kappa shape index (κ3) is 1.77. The van der Waals surface area contributed by atoms with Gasteiger partial charge < -0.3 is 0 Å². The lowest BCUT2D eigenvalue weighted by Gasteiger charge is -2.33. The third-order valence-corrected chi connectivity index (χ3v) is 4.17. The number of rotatable bonds is 0. The van der Waals surface area contributed by atoms with Crippen molar-refractivity contribution < 1.29 is 4.79 Å². The Kier molecular flexibility index (Phi) is 2.33. The Balaban J connectivity index is 2.38. The molecule has 0 N–H and O–H groups in total. The number of carbonyl (C=O) groups is 1. The van der Waals surface area contributed by atoms with E-state index in [9.17, 15) is 4.79 Å². The zero-order valence-corrected chi connectivity index (χ0v) is 10.4. The van der Waals surface area contributed by atoms with Gasteiger partial charge in [0.2, 0.25) is 0 Å². The monoisotopic (exact) mass is 206 g/mol. The lowest BCUT2D eigenvalue weighted by atomic mass is 9.70. The lowest BCUT2D eigenvalue weighted by molar-refractivity contribution is -0.121. The summed E-state index contributed by atoms with van der Waals surface area (Å²) >= 11 is 0. The van der Waals surface area contributed by atoms with Crippen molar-refractivity contribution >= 4 is 5.78 Å². The molecule has 84 valence electrons. The molecule has 1 atom stereocenters. The highest BCUT2D eigenvalue weighted by Gasteiger charge is 2.43. The molecule has 0 unspecified atom stereocenters. The normalized spacial score (nSPS) is 32.1. The van der Waals surface area contributed by atoms with Gasteiger partial charge in [0, 0.05) is 12.8 Å². The average Bonchev–Trinajstić information content (AvgIpc) is 2.39. The zero-order valence-electron chi connectivity index (χ0n) is 10.4. The second kappa shape index (κ2) is 3.20. The van der Waals surface area contributed by atoms with Crippen molar-refractivity contribution in [3.05, 3.63) is 11.1 Å². The van der Waals surface area contributed by atoms with Crippen LogP contribution in [0.2, 0.25) is 0 Å². The summed E-state index contributed by atoms with van der Waals surface area (Å²) in [5.74, 6) is 0.469. The Morgan fingerprint density at radius 1 is 1.13 bits per heavy atom. The fourth-order valence-electron chi connectivity index (χ4n) is 3.33. The van der Waals surface area contributed by atoms with Gasteiger partial charge in [0.05, 0.1) is 0 Å². The van der Waals surface area contributed by atoms with Gasteiger partial charge in [-0.3, -0.25) is 4.79 Å². The molecular weight excluding hydrogens is 184 g/mol. The van der Waals surface area contributed by atoms with E-state index < -0.39 is 0 Å². The first-order valence-corrected chi connectivity index (χ1v) is 6.08. The summed E-state index contributed by atoms with van der Waals surface area (Å²) in [7, 11) is 0. The molecule has 0 aliphatic heterocycles. The highest BCUT2D eigenvalue weighted by Crippen LogP contribution is 2.54. The predicted molar refractivity (Wildman–Crippen MR) is 62.7 cm³/mol. The number of fused-ring (bicyclic) bond motifs is 1. The first-order chi connectivity index (χ1) is 6.83. The van der Waals surface area contributed by atoms with Gasteiger partial charge in [-0.15, -0.1) is 0 Å². The van der Waals surface area contributed by atoms with Crippen molar-refractivity contribution in [2.75, 3.05) is 0 Å². The molecule has 1 fully saturated rings. The maximum atomic E-state index is 11.5. The van der Waals surface area contributed by atoms with Crippen molar-refractivity contribution in [3.63, 3.8) is 0 Å². The van der Waals surface area contributed by atoms with Crippen molar-refractivity contribution in [2.45, 2.75) is 59.8 Å². The highest BCUT2D eigenvalue weighted by molar-refractivity contribution is 5.81. The van der Waals surface area contributed by atoms with Crippen molar-refractivity contribution in [1.29, 1.82) is 0 Å². The Bertz CT molecular complexity index is 330. The largest absolute Gasteiger partial charge is 0.300 e. The molecule has 0 aromatic heterocycles. The Hall–Kier alpha value is -0.590. The van der Waals surface area contributed by atoms with E-state index in [1.54, 1.807) is 11.1 Å². The van der Waals surface area contributed by atoms with Gasteiger partial charge in [0.1, 0.15) is 5.78 Å².